The molecule has 2 N–H and O–H groups in total. The molecule has 1 fully saturated rings. The molecule has 1 saturated heterocycles. The first-order valence-corrected chi connectivity index (χ1v) is 9.06. The van der Waals surface area contributed by atoms with E-state index in [0.29, 0.717) is 26.2 Å². The molecule has 0 bridgehead atoms. The molecule has 2 aromatic rings. The van der Waals surface area contributed by atoms with Gasteiger partial charge in [0.15, 0.2) is 23.5 Å². The molecule has 1 atom stereocenters. The summed E-state index contributed by atoms with van der Waals surface area (Å²) in [5.41, 5.74) is 0.480. The van der Waals surface area contributed by atoms with Crippen LogP contribution in [0.25, 0.3) is 0 Å². The van der Waals surface area contributed by atoms with Gasteiger partial charge in [0.1, 0.15) is 0 Å². The van der Waals surface area contributed by atoms with Crippen molar-refractivity contribution in [2.24, 2.45) is 0 Å². The normalized spacial score (nSPS) is 15.8. The van der Waals surface area contributed by atoms with Crippen LogP contribution in [0.4, 0.5) is 30.2 Å². The summed E-state index contributed by atoms with van der Waals surface area (Å²) >= 11 is 0. The number of carbonyl (C=O) groups is 1. The zero-order chi connectivity index (χ0) is 21.1. The SMILES string of the molecule is C[C@@H](C(=O)Nc1ccc(F)c(F)c1F)[NH+]1CCN(c2ccc([N+](=O)[O-])cc2)CC1. The number of anilines is 2. The van der Waals surface area contributed by atoms with E-state index < -0.39 is 40.0 Å². The van der Waals surface area contributed by atoms with Gasteiger partial charge in [0, 0.05) is 17.8 Å². The van der Waals surface area contributed by atoms with Crippen LogP contribution in [0.3, 0.4) is 0 Å². The average Bonchev–Trinajstić information content (AvgIpc) is 2.73. The van der Waals surface area contributed by atoms with E-state index in [1.54, 1.807) is 19.1 Å². The number of halogens is 3. The molecule has 0 unspecified atom stereocenters. The zero-order valence-electron chi connectivity index (χ0n) is 15.6. The van der Waals surface area contributed by atoms with E-state index in [1.807, 2.05) is 0 Å². The first-order chi connectivity index (χ1) is 13.8. The average molecular weight is 409 g/mol. The van der Waals surface area contributed by atoms with Crippen molar-refractivity contribution < 1.29 is 27.8 Å². The number of rotatable bonds is 5. The fourth-order valence-electron chi connectivity index (χ4n) is 3.32. The Hall–Kier alpha value is -3.14. The maximum Gasteiger partial charge on any atom is 0.282 e. The highest BCUT2D eigenvalue weighted by atomic mass is 19.2. The van der Waals surface area contributed by atoms with Crippen LogP contribution < -0.4 is 15.1 Å². The van der Waals surface area contributed by atoms with Crippen LogP contribution in [0, 0.1) is 27.6 Å². The van der Waals surface area contributed by atoms with Crippen LogP contribution in [-0.4, -0.2) is 43.1 Å². The Bertz CT molecular complexity index is 916. The van der Waals surface area contributed by atoms with Crippen LogP contribution >= 0.6 is 0 Å². The molecule has 1 aliphatic rings. The molecule has 0 spiro atoms. The molecule has 0 aliphatic carbocycles. The number of non-ortho nitro benzene ring substituents is 1. The van der Waals surface area contributed by atoms with Crippen LogP contribution in [0.2, 0.25) is 0 Å². The Morgan fingerprint density at radius 2 is 1.72 bits per heavy atom. The van der Waals surface area contributed by atoms with E-state index in [1.165, 1.54) is 12.1 Å². The van der Waals surface area contributed by atoms with Crippen molar-refractivity contribution in [1.29, 1.82) is 0 Å². The van der Waals surface area contributed by atoms with E-state index in [0.717, 1.165) is 22.7 Å². The van der Waals surface area contributed by atoms with Gasteiger partial charge >= 0.3 is 0 Å². The van der Waals surface area contributed by atoms with Crippen LogP contribution in [0.5, 0.6) is 0 Å². The minimum Gasteiger partial charge on any atom is -0.360 e. The maximum absolute atomic E-state index is 13.8. The lowest BCUT2D eigenvalue weighted by Crippen LogP contribution is -3.19. The van der Waals surface area contributed by atoms with Crippen molar-refractivity contribution in [2.75, 3.05) is 36.4 Å². The van der Waals surface area contributed by atoms with Crippen LogP contribution in [0.1, 0.15) is 6.92 Å². The van der Waals surface area contributed by atoms with Crippen molar-refractivity contribution in [3.05, 3.63) is 64.0 Å². The van der Waals surface area contributed by atoms with Gasteiger partial charge in [-0.3, -0.25) is 14.9 Å². The second-order valence-corrected chi connectivity index (χ2v) is 6.85. The van der Waals surface area contributed by atoms with Crippen LogP contribution in [0.15, 0.2) is 36.4 Å². The highest BCUT2D eigenvalue weighted by molar-refractivity contribution is 5.93. The van der Waals surface area contributed by atoms with E-state index in [2.05, 4.69) is 10.2 Å². The van der Waals surface area contributed by atoms with Crippen molar-refractivity contribution in [1.82, 2.24) is 0 Å². The molecule has 0 radical (unpaired) electrons. The van der Waals surface area contributed by atoms with Gasteiger partial charge in [-0.15, -0.1) is 0 Å². The zero-order valence-corrected chi connectivity index (χ0v) is 15.6. The standard InChI is InChI=1S/C19H19F3N4O3/c1-12(19(27)23-16-7-6-15(20)17(21)18(16)22)24-8-10-25(11-9-24)13-2-4-14(5-3-13)26(28)29/h2-7,12H,8-11H2,1H3,(H,23,27)/p+1/t12-/m0/s1. The fourth-order valence-corrected chi connectivity index (χ4v) is 3.32. The van der Waals surface area contributed by atoms with Gasteiger partial charge in [-0.2, -0.15) is 0 Å². The smallest absolute Gasteiger partial charge is 0.282 e. The lowest BCUT2D eigenvalue weighted by atomic mass is 10.2. The topological polar surface area (TPSA) is 79.9 Å². The highest BCUT2D eigenvalue weighted by Crippen LogP contribution is 2.20. The van der Waals surface area contributed by atoms with Crippen molar-refractivity contribution in [3.8, 4) is 0 Å². The number of piperazine rings is 1. The van der Waals surface area contributed by atoms with E-state index in [9.17, 15) is 28.1 Å². The van der Waals surface area contributed by atoms with Crippen LogP contribution in [-0.2, 0) is 4.79 Å². The number of nitrogens with zero attached hydrogens (tertiary/aromatic N) is 2. The predicted molar refractivity (Wildman–Crippen MR) is 100 cm³/mol. The number of nitrogens with one attached hydrogen (secondary N) is 2. The highest BCUT2D eigenvalue weighted by Gasteiger charge is 2.30. The first-order valence-electron chi connectivity index (χ1n) is 9.06. The number of quaternary nitrogens is 1. The number of hydrogen-bond acceptors (Lipinski definition) is 4. The van der Waals surface area contributed by atoms with Gasteiger partial charge in [0.2, 0.25) is 0 Å². The molecule has 1 amide bonds. The number of nitro groups is 1. The molecule has 7 nitrogen and oxygen atoms in total. The summed E-state index contributed by atoms with van der Waals surface area (Å²) in [6.07, 6.45) is 0. The Morgan fingerprint density at radius 3 is 2.31 bits per heavy atom. The molecule has 29 heavy (non-hydrogen) atoms. The molecule has 1 aliphatic heterocycles. The van der Waals surface area contributed by atoms with Gasteiger partial charge < -0.3 is 15.1 Å². The number of hydrogen-bond donors (Lipinski definition) is 2. The first kappa shape index (κ1) is 20.6. The molecule has 154 valence electrons. The fraction of sp³-hybridized carbons (Fsp3) is 0.316. The third kappa shape index (κ3) is 4.48. The molecule has 0 saturated carbocycles. The summed E-state index contributed by atoms with van der Waals surface area (Å²) < 4.78 is 40.1. The lowest BCUT2D eigenvalue weighted by Gasteiger charge is -2.36. The third-order valence-corrected chi connectivity index (χ3v) is 5.13. The molecule has 2 aromatic carbocycles. The van der Waals surface area contributed by atoms with Gasteiger partial charge in [-0.1, -0.05) is 0 Å². The van der Waals surface area contributed by atoms with Gasteiger partial charge in [-0.05, 0) is 31.2 Å². The van der Waals surface area contributed by atoms with Gasteiger partial charge in [0.05, 0.1) is 36.8 Å². The third-order valence-electron chi connectivity index (χ3n) is 5.13. The number of nitro benzene ring substituents is 1. The van der Waals surface area contributed by atoms with E-state index >= 15 is 0 Å². The quantitative estimate of drug-likeness (QED) is 0.448. The van der Waals surface area contributed by atoms with Crippen molar-refractivity contribution >= 4 is 23.0 Å². The lowest BCUT2D eigenvalue weighted by molar-refractivity contribution is -0.914. The summed E-state index contributed by atoms with van der Waals surface area (Å²) in [4.78, 5) is 25.7. The molecule has 1 heterocycles. The Labute approximate surface area is 164 Å². The van der Waals surface area contributed by atoms with E-state index in [-0.39, 0.29) is 5.69 Å². The maximum atomic E-state index is 13.8. The van der Waals surface area contributed by atoms with E-state index in [4.69, 9.17) is 0 Å². The number of amides is 1. The molecule has 3 rings (SSSR count). The predicted octanol–water partition coefficient (Wildman–Crippen LogP) is 1.74. The van der Waals surface area contributed by atoms with Gasteiger partial charge in [0.25, 0.3) is 11.6 Å². The number of carbonyl (C=O) groups excluding carboxylic acids is 1. The second kappa shape index (κ2) is 8.48. The van der Waals surface area contributed by atoms with Crippen molar-refractivity contribution in [3.63, 3.8) is 0 Å². The molecular weight excluding hydrogens is 389 g/mol. The summed E-state index contributed by atoms with van der Waals surface area (Å²) in [5, 5.41) is 13.1. The second-order valence-electron chi connectivity index (χ2n) is 6.85. The summed E-state index contributed by atoms with van der Waals surface area (Å²) in [6, 6.07) is 7.48. The minimum absolute atomic E-state index is 0.0211. The minimum atomic E-state index is -1.63. The summed E-state index contributed by atoms with van der Waals surface area (Å²) in [7, 11) is 0. The monoisotopic (exact) mass is 409 g/mol. The summed E-state index contributed by atoms with van der Waals surface area (Å²) in [5.74, 6) is -4.86. The Kier molecular flexibility index (Phi) is 6.02. The number of benzene rings is 2. The molecule has 10 heteroatoms. The van der Waals surface area contributed by atoms with Gasteiger partial charge in [-0.25, -0.2) is 13.2 Å². The van der Waals surface area contributed by atoms with Crippen molar-refractivity contribution in [2.45, 2.75) is 13.0 Å². The Balaban J connectivity index is 1.58. The molecule has 0 aromatic heterocycles. The largest absolute Gasteiger partial charge is 0.360 e. The summed E-state index contributed by atoms with van der Waals surface area (Å²) in [6.45, 7) is 4.18. The molecular formula is C19H20F3N4O3+. The Morgan fingerprint density at radius 1 is 1.10 bits per heavy atom.